The number of amides is 1. The van der Waals surface area contributed by atoms with Gasteiger partial charge < -0.3 is 14.6 Å². The Morgan fingerprint density at radius 2 is 2.24 bits per heavy atom. The highest BCUT2D eigenvalue weighted by Crippen LogP contribution is 2.37. The Kier molecular flexibility index (Phi) is 6.60. The molecule has 0 atom stereocenters. The number of methoxy groups -OCH3 is 1. The SMILES string of the molecule is C=CCOc1c(C=C2SC(=S)N(CCC(=O)O)C2=O)cccc1OC. The van der Waals surface area contributed by atoms with Gasteiger partial charge in [-0.3, -0.25) is 14.5 Å². The van der Waals surface area contributed by atoms with Gasteiger partial charge in [-0.2, -0.15) is 0 Å². The Hall–Kier alpha value is -2.32. The van der Waals surface area contributed by atoms with E-state index in [0.29, 0.717) is 32.9 Å². The van der Waals surface area contributed by atoms with E-state index in [0.717, 1.165) is 11.8 Å². The summed E-state index contributed by atoms with van der Waals surface area (Å²) in [6, 6.07) is 5.34. The minimum Gasteiger partial charge on any atom is -0.493 e. The number of carbonyl (C=O) groups is 2. The van der Waals surface area contributed by atoms with Crippen LogP contribution in [-0.2, 0) is 9.59 Å². The van der Waals surface area contributed by atoms with Crippen molar-refractivity contribution in [3.63, 3.8) is 0 Å². The van der Waals surface area contributed by atoms with Crippen molar-refractivity contribution in [2.24, 2.45) is 0 Å². The molecule has 1 aromatic carbocycles. The summed E-state index contributed by atoms with van der Waals surface area (Å²) >= 11 is 6.31. The van der Waals surface area contributed by atoms with E-state index in [1.54, 1.807) is 30.4 Å². The summed E-state index contributed by atoms with van der Waals surface area (Å²) in [5, 5.41) is 8.78. The molecule has 0 bridgehead atoms. The standard InChI is InChI=1S/C17H17NO5S2/c1-3-9-23-15-11(5-4-6-12(15)22-2)10-13-16(21)18(17(24)25-13)8-7-14(19)20/h3-6,10H,1,7-9H2,2H3,(H,19,20). The topological polar surface area (TPSA) is 76.1 Å². The molecule has 8 heteroatoms. The van der Waals surface area contributed by atoms with Crippen molar-refractivity contribution >= 4 is 46.3 Å². The van der Waals surface area contributed by atoms with Crippen LogP contribution >= 0.6 is 24.0 Å². The summed E-state index contributed by atoms with van der Waals surface area (Å²) in [4.78, 5) is 24.9. The quantitative estimate of drug-likeness (QED) is 0.423. The predicted molar refractivity (Wildman–Crippen MR) is 101 cm³/mol. The lowest BCUT2D eigenvalue weighted by Gasteiger charge is -2.13. The summed E-state index contributed by atoms with van der Waals surface area (Å²) in [5.74, 6) is -0.252. The molecule has 6 nitrogen and oxygen atoms in total. The van der Waals surface area contributed by atoms with Crippen LogP contribution in [0.2, 0.25) is 0 Å². The van der Waals surface area contributed by atoms with Gasteiger partial charge in [0.25, 0.3) is 5.91 Å². The van der Waals surface area contributed by atoms with Gasteiger partial charge in [0.15, 0.2) is 11.5 Å². The second kappa shape index (κ2) is 8.68. The average Bonchev–Trinajstić information content (AvgIpc) is 2.85. The van der Waals surface area contributed by atoms with Gasteiger partial charge in [-0.05, 0) is 12.1 Å². The zero-order valence-corrected chi connectivity index (χ0v) is 15.2. The maximum atomic E-state index is 12.5. The predicted octanol–water partition coefficient (Wildman–Crippen LogP) is 2.94. The number of aliphatic carboxylic acids is 1. The number of carboxylic acids is 1. The van der Waals surface area contributed by atoms with Crippen molar-refractivity contribution in [3.05, 3.63) is 41.3 Å². The molecule has 0 unspecified atom stereocenters. The highest BCUT2D eigenvalue weighted by Gasteiger charge is 2.32. The second-order valence-corrected chi connectivity index (χ2v) is 6.63. The van der Waals surface area contributed by atoms with Crippen molar-refractivity contribution in [3.8, 4) is 11.5 Å². The third-order valence-electron chi connectivity index (χ3n) is 3.28. The molecule has 0 spiro atoms. The monoisotopic (exact) mass is 379 g/mol. The first-order valence-corrected chi connectivity index (χ1v) is 8.58. The summed E-state index contributed by atoms with van der Waals surface area (Å²) in [7, 11) is 1.53. The number of hydrogen-bond donors (Lipinski definition) is 1. The Morgan fingerprint density at radius 1 is 1.48 bits per heavy atom. The number of ether oxygens (including phenoxy) is 2. The maximum absolute atomic E-state index is 12.5. The molecule has 0 aliphatic carbocycles. The number of benzene rings is 1. The van der Waals surface area contributed by atoms with Crippen LogP contribution in [0.4, 0.5) is 0 Å². The van der Waals surface area contributed by atoms with Crippen LogP contribution in [0, 0.1) is 0 Å². The van der Waals surface area contributed by atoms with Crippen LogP contribution in [0.15, 0.2) is 35.8 Å². The van der Waals surface area contributed by atoms with Gasteiger partial charge in [-0.25, -0.2) is 0 Å². The molecule has 2 rings (SSSR count). The van der Waals surface area contributed by atoms with Gasteiger partial charge in [0, 0.05) is 12.1 Å². The lowest BCUT2D eigenvalue weighted by Crippen LogP contribution is -2.30. The molecule has 1 saturated heterocycles. The third kappa shape index (κ3) is 4.61. The number of rotatable bonds is 8. The first kappa shape index (κ1) is 19.0. The van der Waals surface area contributed by atoms with Gasteiger partial charge in [0.2, 0.25) is 0 Å². The first-order valence-electron chi connectivity index (χ1n) is 7.35. The summed E-state index contributed by atoms with van der Waals surface area (Å²) in [5.41, 5.74) is 0.667. The van der Waals surface area contributed by atoms with E-state index in [1.165, 1.54) is 12.0 Å². The third-order valence-corrected chi connectivity index (χ3v) is 4.66. The molecule has 0 aromatic heterocycles. The summed E-state index contributed by atoms with van der Waals surface area (Å²) < 4.78 is 11.3. The van der Waals surface area contributed by atoms with Gasteiger partial charge in [0.05, 0.1) is 18.4 Å². The van der Waals surface area contributed by atoms with E-state index in [2.05, 4.69) is 6.58 Å². The van der Waals surface area contributed by atoms with Gasteiger partial charge in [-0.15, -0.1) is 0 Å². The molecular weight excluding hydrogens is 362 g/mol. The molecule has 1 amide bonds. The fourth-order valence-corrected chi connectivity index (χ4v) is 3.44. The average molecular weight is 379 g/mol. The number of carbonyl (C=O) groups excluding carboxylic acids is 1. The number of carboxylic acid groups (broad SMARTS) is 1. The fraction of sp³-hybridized carbons (Fsp3) is 0.235. The highest BCUT2D eigenvalue weighted by atomic mass is 32.2. The summed E-state index contributed by atoms with van der Waals surface area (Å²) in [6.07, 6.45) is 3.12. The van der Waals surface area contributed by atoms with Crippen LogP contribution in [0.5, 0.6) is 11.5 Å². The molecule has 1 aliphatic rings. The van der Waals surface area contributed by atoms with Gasteiger partial charge in [0.1, 0.15) is 10.9 Å². The van der Waals surface area contributed by atoms with Crippen LogP contribution in [0.3, 0.4) is 0 Å². The van der Waals surface area contributed by atoms with Crippen molar-refractivity contribution in [2.45, 2.75) is 6.42 Å². The minimum absolute atomic E-state index is 0.0509. The van der Waals surface area contributed by atoms with Crippen molar-refractivity contribution in [2.75, 3.05) is 20.3 Å². The maximum Gasteiger partial charge on any atom is 0.305 e. The van der Waals surface area contributed by atoms with Crippen LogP contribution in [0.1, 0.15) is 12.0 Å². The van der Waals surface area contributed by atoms with Crippen LogP contribution < -0.4 is 9.47 Å². The normalized spacial score (nSPS) is 15.6. The molecule has 1 fully saturated rings. The number of nitrogens with zero attached hydrogens (tertiary/aromatic N) is 1. The Balaban J connectivity index is 2.31. The molecular formula is C17H17NO5S2. The van der Waals surface area contributed by atoms with E-state index in [4.69, 9.17) is 26.8 Å². The number of thiocarbonyl (C=S) groups is 1. The lowest BCUT2D eigenvalue weighted by molar-refractivity contribution is -0.137. The molecule has 1 aliphatic heterocycles. The Labute approximate surface area is 155 Å². The molecule has 1 N–H and O–H groups in total. The van der Waals surface area contributed by atoms with E-state index in [-0.39, 0.29) is 18.9 Å². The first-order chi connectivity index (χ1) is 12.0. The fourth-order valence-electron chi connectivity index (χ4n) is 2.15. The second-order valence-electron chi connectivity index (χ2n) is 4.96. The van der Waals surface area contributed by atoms with E-state index >= 15 is 0 Å². The van der Waals surface area contributed by atoms with Gasteiger partial charge >= 0.3 is 5.97 Å². The Bertz CT molecular complexity index is 745. The van der Waals surface area contributed by atoms with E-state index < -0.39 is 5.97 Å². The van der Waals surface area contributed by atoms with Crippen LogP contribution in [0.25, 0.3) is 6.08 Å². The molecule has 0 radical (unpaired) electrons. The van der Waals surface area contributed by atoms with Gasteiger partial charge in [-0.1, -0.05) is 48.8 Å². The van der Waals surface area contributed by atoms with Crippen molar-refractivity contribution in [1.29, 1.82) is 0 Å². The molecule has 0 saturated carbocycles. The number of para-hydroxylation sites is 1. The molecule has 25 heavy (non-hydrogen) atoms. The zero-order chi connectivity index (χ0) is 18.4. The van der Waals surface area contributed by atoms with Crippen LogP contribution in [-0.4, -0.2) is 46.5 Å². The smallest absolute Gasteiger partial charge is 0.305 e. The largest absolute Gasteiger partial charge is 0.493 e. The van der Waals surface area contributed by atoms with Crippen molar-refractivity contribution in [1.82, 2.24) is 4.90 Å². The number of thioether (sulfide) groups is 1. The minimum atomic E-state index is -0.981. The molecule has 132 valence electrons. The van der Waals surface area contributed by atoms with E-state index in [1.807, 2.05) is 0 Å². The molecule has 1 aromatic rings. The number of hydrogen-bond acceptors (Lipinski definition) is 6. The summed E-state index contributed by atoms with van der Waals surface area (Å²) in [6.45, 7) is 3.96. The van der Waals surface area contributed by atoms with Crippen molar-refractivity contribution < 1.29 is 24.2 Å². The zero-order valence-electron chi connectivity index (χ0n) is 13.6. The Morgan fingerprint density at radius 3 is 2.88 bits per heavy atom. The highest BCUT2D eigenvalue weighted by molar-refractivity contribution is 8.26. The van der Waals surface area contributed by atoms with E-state index in [9.17, 15) is 9.59 Å². The lowest BCUT2D eigenvalue weighted by atomic mass is 10.1. The molecule has 1 heterocycles.